The molecule has 6 fully saturated rings. The van der Waals surface area contributed by atoms with Crippen LogP contribution in [-0.4, -0.2) is 136 Å². The number of likely N-dealkylation sites (tertiary alicyclic amines) is 1. The average molecular weight is 897 g/mol. The van der Waals surface area contributed by atoms with Gasteiger partial charge in [-0.15, -0.1) is 0 Å². The number of fused-ring (bicyclic) bond motifs is 4. The molecule has 17 nitrogen and oxygen atoms in total. The van der Waals surface area contributed by atoms with Crippen LogP contribution < -0.4 is 25.3 Å². The van der Waals surface area contributed by atoms with Gasteiger partial charge < -0.3 is 24.6 Å². The molecular weight excluding hydrogens is 846 g/mol. The first kappa shape index (κ1) is 41.8. The minimum absolute atomic E-state index is 0.0339. The molecule has 9 heterocycles. The fraction of sp³-hybridized carbons (Fsp3) is 0.533. The number of amides is 4. The van der Waals surface area contributed by atoms with Crippen molar-refractivity contribution in [2.45, 2.75) is 81.8 Å². The maximum atomic E-state index is 15.6. The standard InChI is InChI=1S/C45H51F3N12O5/c46-34-22-55(11-8-38(34)65-24-27-19-56(20-27)36-3-1-2-31-32(36)15-49-17-37(31)57-12-10-40(61)53-45(57)63)18-26-4-6-28(7-5-26)60-23-35(41(54-60)42(47)48)51-44(62)33-16-50-59-13-9-39(52-43(33)59)58-21-30-14-29(58)25-64-30/h1-3,9,13,15-17,23,26-30,34,38,42H,4-8,10-12,14,18-22,24-25H2,(H,51,62)(H,53,61,63)/t26?,28?,29-,30-,34+,38-/m1/s1. The molecule has 5 aliphatic heterocycles. The molecule has 11 rings (SSSR count). The summed E-state index contributed by atoms with van der Waals surface area (Å²) in [4.78, 5) is 55.2. The Hall–Kier alpha value is -5.86. The van der Waals surface area contributed by atoms with Crippen molar-refractivity contribution in [1.29, 1.82) is 0 Å². The SMILES string of the molecule is O=C1CCN(c2cncc3c(N4CC(CO[C@@H]5CCN(CC6CCC(n7cc(NC(=O)c8cnn9ccc(N%10C[C@H]%11C[C@@H]%10CO%11)nc89)c(C(F)F)n7)CC6)C[C@@H]5F)C4)cccc23)C(=O)N1. The molecule has 2 N–H and O–H groups in total. The van der Waals surface area contributed by atoms with Crippen LogP contribution in [0.4, 0.5) is 40.8 Å². The van der Waals surface area contributed by atoms with Crippen LogP contribution in [0.5, 0.6) is 0 Å². The number of pyridine rings is 1. The highest BCUT2D eigenvalue weighted by molar-refractivity contribution is 6.11. The number of hydrogen-bond donors (Lipinski definition) is 2. The first-order chi connectivity index (χ1) is 31.6. The van der Waals surface area contributed by atoms with Gasteiger partial charge in [-0.25, -0.2) is 27.5 Å². The van der Waals surface area contributed by atoms with Crippen molar-refractivity contribution < 1.29 is 37.0 Å². The topological polar surface area (TPSA) is 168 Å². The van der Waals surface area contributed by atoms with Crippen LogP contribution in [0.15, 0.2) is 55.2 Å². The molecule has 0 spiro atoms. The van der Waals surface area contributed by atoms with Gasteiger partial charge in [0.25, 0.3) is 12.3 Å². The normalized spacial score (nSPS) is 26.4. The van der Waals surface area contributed by atoms with Crippen molar-refractivity contribution in [3.63, 3.8) is 0 Å². The number of carbonyl (C=O) groups excluding carboxylic acids is 3. The van der Waals surface area contributed by atoms with Crippen LogP contribution >= 0.6 is 0 Å². The predicted octanol–water partition coefficient (Wildman–Crippen LogP) is 5.38. The third-order valence-electron chi connectivity index (χ3n) is 14.2. The van der Waals surface area contributed by atoms with E-state index in [9.17, 15) is 23.2 Å². The van der Waals surface area contributed by atoms with Gasteiger partial charge in [0.2, 0.25) is 5.91 Å². The van der Waals surface area contributed by atoms with Crippen molar-refractivity contribution in [2.75, 3.05) is 79.0 Å². The average Bonchev–Trinajstić information content (AvgIpc) is 4.11. The van der Waals surface area contributed by atoms with Crippen molar-refractivity contribution >= 4 is 57.1 Å². The van der Waals surface area contributed by atoms with E-state index in [1.54, 1.807) is 28.2 Å². The molecule has 1 aromatic carbocycles. The number of aromatic nitrogens is 6. The molecule has 1 saturated carbocycles. The molecular formula is C45H51F3N12O5. The molecule has 4 amide bonds. The van der Waals surface area contributed by atoms with E-state index in [2.05, 4.69) is 40.5 Å². The second kappa shape index (κ2) is 17.2. The quantitative estimate of drug-likeness (QED) is 0.164. The zero-order valence-corrected chi connectivity index (χ0v) is 35.8. The number of nitrogens with one attached hydrogen (secondary N) is 2. The van der Waals surface area contributed by atoms with E-state index < -0.39 is 36.3 Å². The van der Waals surface area contributed by atoms with Crippen LogP contribution in [0.2, 0.25) is 0 Å². The highest BCUT2D eigenvalue weighted by atomic mass is 19.3. The maximum Gasteiger partial charge on any atom is 0.328 e. The fourth-order valence-corrected chi connectivity index (χ4v) is 10.7. The molecule has 2 bridgehead atoms. The summed E-state index contributed by atoms with van der Waals surface area (Å²) in [5, 5.41) is 15.4. The third-order valence-corrected chi connectivity index (χ3v) is 14.2. The number of hydrogen-bond acceptors (Lipinski definition) is 12. The van der Waals surface area contributed by atoms with Crippen molar-refractivity contribution in [1.82, 2.24) is 39.6 Å². The number of carbonyl (C=O) groups is 3. The summed E-state index contributed by atoms with van der Waals surface area (Å²) in [7, 11) is 0. The number of halogens is 3. The number of piperidine rings is 1. The molecule has 5 aromatic rings. The molecule has 65 heavy (non-hydrogen) atoms. The Morgan fingerprint density at radius 2 is 1.82 bits per heavy atom. The van der Waals surface area contributed by atoms with Crippen LogP contribution in [0.25, 0.3) is 16.4 Å². The van der Waals surface area contributed by atoms with Gasteiger partial charge in [-0.3, -0.25) is 34.4 Å². The Morgan fingerprint density at radius 3 is 2.58 bits per heavy atom. The van der Waals surface area contributed by atoms with E-state index in [1.807, 2.05) is 24.3 Å². The largest absolute Gasteiger partial charge is 0.375 e. The Labute approximate surface area is 372 Å². The zero-order chi connectivity index (χ0) is 44.3. The summed E-state index contributed by atoms with van der Waals surface area (Å²) in [6, 6.07) is 7.49. The second-order valence-corrected chi connectivity index (χ2v) is 18.4. The molecule has 6 aliphatic rings. The second-order valence-electron chi connectivity index (χ2n) is 18.4. The van der Waals surface area contributed by atoms with Crippen LogP contribution in [0.1, 0.15) is 73.5 Å². The number of alkyl halides is 3. The molecule has 342 valence electrons. The molecule has 4 atom stereocenters. The Kier molecular flexibility index (Phi) is 11.0. The van der Waals surface area contributed by atoms with E-state index in [1.165, 1.54) is 16.9 Å². The lowest BCUT2D eigenvalue weighted by Gasteiger charge is -2.43. The highest BCUT2D eigenvalue weighted by Crippen LogP contribution is 2.39. The van der Waals surface area contributed by atoms with Gasteiger partial charge in [-0.1, -0.05) is 12.1 Å². The smallest absolute Gasteiger partial charge is 0.328 e. The van der Waals surface area contributed by atoms with Crippen LogP contribution in [0, 0.1) is 11.8 Å². The number of ether oxygens (including phenoxy) is 2. The Bertz CT molecular complexity index is 2610. The number of rotatable bonds is 12. The summed E-state index contributed by atoms with van der Waals surface area (Å²) in [5.41, 5.74) is 1.68. The summed E-state index contributed by atoms with van der Waals surface area (Å²) in [5.74, 6) is 0.451. The van der Waals surface area contributed by atoms with E-state index in [0.717, 1.165) is 87.1 Å². The zero-order valence-electron chi connectivity index (χ0n) is 35.8. The van der Waals surface area contributed by atoms with Gasteiger partial charge in [0.1, 0.15) is 17.6 Å². The van der Waals surface area contributed by atoms with Gasteiger partial charge in [0.05, 0.1) is 61.3 Å². The number of nitrogens with zero attached hydrogens (tertiary/aromatic N) is 10. The number of morpholine rings is 1. The van der Waals surface area contributed by atoms with Crippen molar-refractivity contribution in [3.8, 4) is 0 Å². The van der Waals surface area contributed by atoms with E-state index in [-0.39, 0.29) is 47.7 Å². The van der Waals surface area contributed by atoms with Crippen LogP contribution in [0.3, 0.4) is 0 Å². The minimum Gasteiger partial charge on any atom is -0.375 e. The Morgan fingerprint density at radius 1 is 0.954 bits per heavy atom. The first-order valence-corrected chi connectivity index (χ1v) is 22.7. The summed E-state index contributed by atoms with van der Waals surface area (Å²) in [6.07, 6.45) is 8.79. The molecule has 0 radical (unpaired) electrons. The highest BCUT2D eigenvalue weighted by Gasteiger charge is 2.40. The molecule has 20 heteroatoms. The van der Waals surface area contributed by atoms with Crippen molar-refractivity contribution in [2.24, 2.45) is 11.8 Å². The number of urea groups is 1. The molecule has 5 saturated heterocycles. The minimum atomic E-state index is -2.89. The monoisotopic (exact) mass is 896 g/mol. The lowest BCUT2D eigenvalue weighted by atomic mass is 9.85. The van der Waals surface area contributed by atoms with Gasteiger partial charge in [0, 0.05) is 93.2 Å². The third kappa shape index (κ3) is 8.13. The van der Waals surface area contributed by atoms with Crippen LogP contribution in [-0.2, 0) is 14.3 Å². The van der Waals surface area contributed by atoms with Gasteiger partial charge in [-0.05, 0) is 56.6 Å². The summed E-state index contributed by atoms with van der Waals surface area (Å²) >= 11 is 0. The molecule has 1 aliphatic carbocycles. The molecule has 0 unspecified atom stereocenters. The van der Waals surface area contributed by atoms with Gasteiger partial charge in [0.15, 0.2) is 11.3 Å². The lowest BCUT2D eigenvalue weighted by molar-refractivity contribution is -0.120. The number of benzene rings is 1. The van der Waals surface area contributed by atoms with E-state index in [0.29, 0.717) is 50.0 Å². The van der Waals surface area contributed by atoms with Gasteiger partial charge >= 0.3 is 6.03 Å². The Balaban J connectivity index is 0.642. The van der Waals surface area contributed by atoms with E-state index >= 15 is 4.39 Å². The maximum absolute atomic E-state index is 15.6. The fourth-order valence-electron chi connectivity index (χ4n) is 10.7. The lowest BCUT2D eigenvalue weighted by Crippen LogP contribution is -2.51. The summed E-state index contributed by atoms with van der Waals surface area (Å²) < 4.78 is 59.2. The van der Waals surface area contributed by atoms with Crippen molar-refractivity contribution in [3.05, 3.63) is 66.5 Å². The van der Waals surface area contributed by atoms with Gasteiger partial charge in [-0.2, -0.15) is 10.2 Å². The summed E-state index contributed by atoms with van der Waals surface area (Å²) in [6.45, 7) is 5.48. The predicted molar refractivity (Wildman–Crippen MR) is 233 cm³/mol. The number of imide groups is 1. The molecule has 4 aromatic heterocycles. The number of anilines is 4. The van der Waals surface area contributed by atoms with E-state index in [4.69, 9.17) is 14.5 Å². The first-order valence-electron chi connectivity index (χ1n) is 22.7.